The van der Waals surface area contributed by atoms with Crippen LogP contribution in [0.1, 0.15) is 31.4 Å². The number of benzene rings is 3. The number of carbonyl (C=O) groups is 2. The number of rotatable bonds is 13. The van der Waals surface area contributed by atoms with Crippen molar-refractivity contribution in [1.29, 1.82) is 0 Å². The number of nitrogens with one attached hydrogen (secondary N) is 1. The number of ether oxygens (including phenoxy) is 1. The number of methoxy groups -OCH3 is 1. The molecule has 0 spiro atoms. The zero-order valence-corrected chi connectivity index (χ0v) is 24.0. The van der Waals surface area contributed by atoms with Gasteiger partial charge in [-0.1, -0.05) is 61.5 Å². The smallest absolute Gasteiger partial charge is 0.244 e. The Morgan fingerprint density at radius 2 is 1.57 bits per heavy atom. The minimum atomic E-state index is -3.93. The maximum atomic E-state index is 14.1. The second kappa shape index (κ2) is 13.9. The molecule has 1 N–H and O–H groups in total. The highest BCUT2D eigenvalue weighted by molar-refractivity contribution is 7.92. The molecular formula is C30H36FN3O5S. The van der Waals surface area contributed by atoms with Crippen molar-refractivity contribution in [1.82, 2.24) is 10.2 Å². The van der Waals surface area contributed by atoms with Crippen LogP contribution in [0.2, 0.25) is 0 Å². The number of para-hydroxylation sites is 2. The quantitative estimate of drug-likeness (QED) is 0.334. The maximum absolute atomic E-state index is 14.1. The number of hydrogen-bond donors (Lipinski definition) is 1. The van der Waals surface area contributed by atoms with Crippen LogP contribution < -0.4 is 14.4 Å². The van der Waals surface area contributed by atoms with Crippen LogP contribution >= 0.6 is 0 Å². The third-order valence-electron chi connectivity index (χ3n) is 6.57. The van der Waals surface area contributed by atoms with Gasteiger partial charge in [0.2, 0.25) is 21.8 Å². The normalized spacial score (nSPS) is 12.7. The Bertz CT molecular complexity index is 1380. The minimum Gasteiger partial charge on any atom is -0.495 e. The van der Waals surface area contributed by atoms with Gasteiger partial charge >= 0.3 is 0 Å². The summed E-state index contributed by atoms with van der Waals surface area (Å²) in [4.78, 5) is 29.1. The van der Waals surface area contributed by atoms with E-state index in [0.29, 0.717) is 12.0 Å². The topological polar surface area (TPSA) is 96.0 Å². The largest absolute Gasteiger partial charge is 0.495 e. The van der Waals surface area contributed by atoms with E-state index in [1.165, 1.54) is 36.3 Å². The molecule has 0 heterocycles. The molecule has 0 unspecified atom stereocenters. The van der Waals surface area contributed by atoms with E-state index in [1.807, 2.05) is 44.2 Å². The predicted molar refractivity (Wildman–Crippen MR) is 154 cm³/mol. The van der Waals surface area contributed by atoms with Crippen molar-refractivity contribution in [3.05, 3.63) is 95.8 Å². The van der Waals surface area contributed by atoms with E-state index < -0.39 is 34.3 Å². The number of amides is 2. The van der Waals surface area contributed by atoms with Gasteiger partial charge in [0.1, 0.15) is 24.2 Å². The van der Waals surface area contributed by atoms with Gasteiger partial charge in [-0.3, -0.25) is 13.9 Å². The number of nitrogens with zero attached hydrogens (tertiary/aromatic N) is 2. The number of carbonyl (C=O) groups excluding carboxylic acids is 2. The molecule has 0 radical (unpaired) electrons. The van der Waals surface area contributed by atoms with Gasteiger partial charge < -0.3 is 15.0 Å². The van der Waals surface area contributed by atoms with E-state index in [9.17, 15) is 22.4 Å². The third-order valence-corrected chi connectivity index (χ3v) is 7.70. The summed E-state index contributed by atoms with van der Waals surface area (Å²) in [5, 5.41) is 2.97. The Hall–Kier alpha value is -3.92. The van der Waals surface area contributed by atoms with Gasteiger partial charge in [-0.05, 0) is 48.7 Å². The number of anilines is 1. The fourth-order valence-electron chi connectivity index (χ4n) is 4.21. The van der Waals surface area contributed by atoms with E-state index in [4.69, 9.17) is 4.74 Å². The summed E-state index contributed by atoms with van der Waals surface area (Å²) in [6.07, 6.45) is 1.89. The number of sulfonamides is 1. The number of hydrogen-bond acceptors (Lipinski definition) is 5. The van der Waals surface area contributed by atoms with Gasteiger partial charge in [0, 0.05) is 19.0 Å². The molecule has 0 aromatic heterocycles. The summed E-state index contributed by atoms with van der Waals surface area (Å²) >= 11 is 0. The van der Waals surface area contributed by atoms with Gasteiger partial charge in [-0.15, -0.1) is 0 Å². The van der Waals surface area contributed by atoms with Crippen molar-refractivity contribution in [2.45, 2.75) is 45.3 Å². The molecule has 8 nitrogen and oxygen atoms in total. The highest BCUT2D eigenvalue weighted by atomic mass is 32.2. The minimum absolute atomic E-state index is 0.0337. The van der Waals surface area contributed by atoms with Crippen molar-refractivity contribution >= 4 is 27.5 Å². The second-order valence-corrected chi connectivity index (χ2v) is 11.5. The van der Waals surface area contributed by atoms with Crippen molar-refractivity contribution in [2.75, 3.05) is 24.2 Å². The monoisotopic (exact) mass is 569 g/mol. The van der Waals surface area contributed by atoms with Crippen LogP contribution in [0.3, 0.4) is 0 Å². The summed E-state index contributed by atoms with van der Waals surface area (Å²) in [5.41, 5.74) is 1.62. The average Bonchev–Trinajstić information content (AvgIpc) is 2.94. The lowest BCUT2D eigenvalue weighted by atomic mass is 10.0. The first kappa shape index (κ1) is 30.6. The first-order chi connectivity index (χ1) is 19.0. The second-order valence-electron chi connectivity index (χ2n) is 9.61. The van der Waals surface area contributed by atoms with Crippen LogP contribution in [0.4, 0.5) is 10.1 Å². The lowest BCUT2D eigenvalue weighted by Crippen LogP contribution is -2.54. The molecule has 0 aliphatic heterocycles. The molecule has 0 aliphatic rings. The lowest BCUT2D eigenvalue weighted by molar-refractivity contribution is -0.140. The summed E-state index contributed by atoms with van der Waals surface area (Å²) in [7, 11) is -2.52. The molecule has 3 aromatic rings. The molecule has 2 atom stereocenters. The zero-order valence-electron chi connectivity index (χ0n) is 23.2. The molecule has 2 amide bonds. The molecular weight excluding hydrogens is 533 g/mol. The van der Waals surface area contributed by atoms with Gasteiger partial charge in [-0.2, -0.15) is 0 Å². The third kappa shape index (κ3) is 8.29. The highest BCUT2D eigenvalue weighted by Gasteiger charge is 2.34. The molecule has 0 aliphatic carbocycles. The first-order valence-electron chi connectivity index (χ1n) is 13.0. The summed E-state index contributed by atoms with van der Waals surface area (Å²) < 4.78 is 45.8. The van der Waals surface area contributed by atoms with Crippen molar-refractivity contribution in [3.63, 3.8) is 0 Å². The van der Waals surface area contributed by atoms with Gasteiger partial charge in [0.15, 0.2) is 0 Å². The Morgan fingerprint density at radius 3 is 2.17 bits per heavy atom. The summed E-state index contributed by atoms with van der Waals surface area (Å²) in [6.45, 7) is 3.21. The molecule has 10 heteroatoms. The van der Waals surface area contributed by atoms with E-state index in [1.54, 1.807) is 24.3 Å². The molecule has 0 bridgehead atoms. The van der Waals surface area contributed by atoms with Crippen LogP contribution in [0.5, 0.6) is 5.75 Å². The van der Waals surface area contributed by atoms with Gasteiger partial charge in [0.05, 0.1) is 19.1 Å². The van der Waals surface area contributed by atoms with E-state index in [-0.39, 0.29) is 36.4 Å². The van der Waals surface area contributed by atoms with Gasteiger partial charge in [-0.25, -0.2) is 12.8 Å². The number of halogens is 1. The van der Waals surface area contributed by atoms with E-state index in [0.717, 1.165) is 16.1 Å². The summed E-state index contributed by atoms with van der Waals surface area (Å²) in [6, 6.07) is 20.3. The van der Waals surface area contributed by atoms with Gasteiger partial charge in [0.25, 0.3) is 0 Å². The fourth-order valence-corrected chi connectivity index (χ4v) is 5.07. The standard InChI is InChI=1S/C30H36FN3O5S/c1-5-22(2)32-30(36)27(19-23-11-7-6-8-12-23)33(20-24-15-17-25(31)18-16-24)29(35)21-34(40(4,37)38)26-13-9-10-14-28(26)39-3/h6-18,22,27H,5,19-21H2,1-4H3,(H,32,36)/t22-,27-/m1/s1. The van der Waals surface area contributed by atoms with Crippen molar-refractivity contribution in [2.24, 2.45) is 0 Å². The van der Waals surface area contributed by atoms with Crippen LogP contribution in [0, 0.1) is 5.82 Å². The predicted octanol–water partition coefficient (Wildman–Crippen LogP) is 4.16. The molecule has 0 saturated carbocycles. The molecule has 40 heavy (non-hydrogen) atoms. The molecule has 0 fully saturated rings. The Labute approximate surface area is 235 Å². The lowest BCUT2D eigenvalue weighted by Gasteiger charge is -2.34. The van der Waals surface area contributed by atoms with Crippen LogP contribution in [-0.2, 0) is 32.6 Å². The van der Waals surface area contributed by atoms with Crippen LogP contribution in [0.25, 0.3) is 0 Å². The SMILES string of the molecule is CC[C@@H](C)NC(=O)[C@@H](Cc1ccccc1)N(Cc1ccc(F)cc1)C(=O)CN(c1ccccc1OC)S(C)(=O)=O. The zero-order chi connectivity index (χ0) is 29.3. The highest BCUT2D eigenvalue weighted by Crippen LogP contribution is 2.30. The fraction of sp³-hybridized carbons (Fsp3) is 0.333. The summed E-state index contributed by atoms with van der Waals surface area (Å²) in [5.74, 6) is -1.12. The molecule has 214 valence electrons. The Kier molecular flexibility index (Phi) is 10.7. The Balaban J connectivity index is 2.07. The first-order valence-corrected chi connectivity index (χ1v) is 14.9. The molecule has 0 saturated heterocycles. The maximum Gasteiger partial charge on any atom is 0.244 e. The van der Waals surface area contributed by atoms with Crippen molar-refractivity contribution < 1.29 is 27.1 Å². The van der Waals surface area contributed by atoms with Crippen LogP contribution in [-0.4, -0.2) is 57.1 Å². The average molecular weight is 570 g/mol. The Morgan fingerprint density at radius 1 is 0.950 bits per heavy atom. The van der Waals surface area contributed by atoms with Crippen LogP contribution in [0.15, 0.2) is 78.9 Å². The van der Waals surface area contributed by atoms with E-state index in [2.05, 4.69) is 5.32 Å². The molecule has 3 rings (SSSR count). The van der Waals surface area contributed by atoms with Crippen molar-refractivity contribution in [3.8, 4) is 5.75 Å². The van der Waals surface area contributed by atoms with E-state index >= 15 is 0 Å². The molecule has 3 aromatic carbocycles.